The second-order valence-corrected chi connectivity index (χ2v) is 6.82. The quantitative estimate of drug-likeness (QED) is 0.458. The van der Waals surface area contributed by atoms with E-state index in [2.05, 4.69) is 14.7 Å². The van der Waals surface area contributed by atoms with Gasteiger partial charge in [0.1, 0.15) is 29.5 Å². The smallest absolute Gasteiger partial charge is 0.343 e. The molecule has 0 spiro atoms. The molecular formula is C21H22N4O6. The van der Waals surface area contributed by atoms with E-state index in [9.17, 15) is 19.5 Å². The lowest BCUT2D eigenvalue weighted by atomic mass is 9.87. The molecule has 4 N–H and O–H groups in total. The topological polar surface area (TPSA) is 150 Å². The van der Waals surface area contributed by atoms with Gasteiger partial charge in [-0.05, 0) is 17.7 Å². The molecule has 10 heteroatoms. The maximum absolute atomic E-state index is 12.5. The lowest BCUT2D eigenvalue weighted by molar-refractivity contribution is -0.118. The van der Waals surface area contributed by atoms with Crippen molar-refractivity contribution in [1.29, 1.82) is 0 Å². The van der Waals surface area contributed by atoms with Crippen molar-refractivity contribution in [1.82, 2.24) is 14.5 Å². The van der Waals surface area contributed by atoms with Gasteiger partial charge in [-0.2, -0.15) is 0 Å². The van der Waals surface area contributed by atoms with Crippen molar-refractivity contribution in [2.45, 2.75) is 18.9 Å². The number of imidazole rings is 1. The first-order chi connectivity index (χ1) is 14.8. The van der Waals surface area contributed by atoms with Gasteiger partial charge in [0.05, 0.1) is 12.7 Å². The number of methoxy groups -OCH3 is 1. The fraction of sp³-hybridized carbons (Fsp3) is 0.238. The zero-order chi connectivity index (χ0) is 22.5. The van der Waals surface area contributed by atoms with Crippen LogP contribution < -0.4 is 16.0 Å². The summed E-state index contributed by atoms with van der Waals surface area (Å²) in [5, 5.41) is 10.6. The highest BCUT2D eigenvalue weighted by Gasteiger charge is 2.27. The van der Waals surface area contributed by atoms with Gasteiger partial charge in [-0.3, -0.25) is 9.59 Å². The normalized spacial score (nSPS) is 11.7. The molecule has 0 bridgehead atoms. The molecule has 162 valence electrons. The number of rotatable bonds is 8. The van der Waals surface area contributed by atoms with Crippen LogP contribution in [0.15, 0.2) is 47.7 Å². The summed E-state index contributed by atoms with van der Waals surface area (Å²) in [7, 11) is 3.01. The van der Waals surface area contributed by atoms with Crippen molar-refractivity contribution in [3.05, 3.63) is 75.7 Å². The standard InChI is InChI=1S/C21H22N4O6/c1-25-8-7-23-17(25)11-31-13-5-3-12(4-6-13)14(9-16(22)26)18-19(27)15(21(29)30-2)10-24-20(18)28/h3-8,10,14H,9,11H2,1-2H3,(H2,22,26)(H2,24,27,28)/t14-/m1/s1. The summed E-state index contributed by atoms with van der Waals surface area (Å²) in [5.74, 6) is -1.66. The lowest BCUT2D eigenvalue weighted by Gasteiger charge is -2.18. The molecule has 0 saturated heterocycles. The minimum absolute atomic E-state index is 0.150. The number of amides is 1. The number of nitrogens with one attached hydrogen (secondary N) is 1. The number of aromatic nitrogens is 3. The van der Waals surface area contributed by atoms with Crippen molar-refractivity contribution in [2.75, 3.05) is 7.11 Å². The van der Waals surface area contributed by atoms with Crippen LogP contribution >= 0.6 is 0 Å². The van der Waals surface area contributed by atoms with Gasteiger partial charge in [0.25, 0.3) is 5.56 Å². The van der Waals surface area contributed by atoms with E-state index < -0.39 is 29.1 Å². The molecule has 0 unspecified atom stereocenters. The fourth-order valence-electron chi connectivity index (χ4n) is 3.19. The van der Waals surface area contributed by atoms with Gasteiger partial charge in [0.2, 0.25) is 5.91 Å². The van der Waals surface area contributed by atoms with Crippen LogP contribution in [-0.4, -0.2) is 38.6 Å². The number of aromatic amines is 1. The first-order valence-electron chi connectivity index (χ1n) is 9.32. The second-order valence-electron chi connectivity index (χ2n) is 6.82. The third-order valence-corrected chi connectivity index (χ3v) is 4.83. The predicted molar refractivity (Wildman–Crippen MR) is 110 cm³/mol. The van der Waals surface area contributed by atoms with Gasteiger partial charge in [-0.15, -0.1) is 0 Å². The Morgan fingerprint density at radius 3 is 2.58 bits per heavy atom. The van der Waals surface area contributed by atoms with Crippen LogP contribution in [0.1, 0.15) is 39.6 Å². The van der Waals surface area contributed by atoms with Crippen LogP contribution in [0.25, 0.3) is 0 Å². The number of carbonyl (C=O) groups excluding carboxylic acids is 2. The number of pyridine rings is 1. The third kappa shape index (κ3) is 4.74. The minimum atomic E-state index is -0.880. The molecule has 0 radical (unpaired) electrons. The number of esters is 1. The average Bonchev–Trinajstić information content (AvgIpc) is 3.16. The SMILES string of the molecule is COC(=O)c1c[nH]c(=O)c([C@H](CC(N)=O)c2ccc(OCc3nccn3C)cc2)c1O. The lowest BCUT2D eigenvalue weighted by Crippen LogP contribution is -2.23. The number of aromatic hydroxyl groups is 1. The number of carbonyl (C=O) groups is 2. The zero-order valence-electron chi connectivity index (χ0n) is 17.0. The van der Waals surface area contributed by atoms with Gasteiger partial charge in [0.15, 0.2) is 0 Å². The Labute approximate surface area is 177 Å². The summed E-state index contributed by atoms with van der Waals surface area (Å²) >= 11 is 0. The van der Waals surface area contributed by atoms with Gasteiger partial charge in [-0.25, -0.2) is 9.78 Å². The largest absolute Gasteiger partial charge is 0.506 e. The summed E-state index contributed by atoms with van der Waals surface area (Å²) in [6.45, 7) is 0.259. The monoisotopic (exact) mass is 426 g/mol. The molecule has 1 aromatic carbocycles. The number of H-pyrrole nitrogens is 1. The number of nitrogens with two attached hydrogens (primary N) is 1. The minimum Gasteiger partial charge on any atom is -0.506 e. The summed E-state index contributed by atoms with van der Waals surface area (Å²) in [6.07, 6.45) is 4.28. The van der Waals surface area contributed by atoms with Crippen LogP contribution in [-0.2, 0) is 23.2 Å². The molecule has 0 aliphatic rings. The highest BCUT2D eigenvalue weighted by Crippen LogP contribution is 2.34. The Morgan fingerprint density at radius 1 is 1.29 bits per heavy atom. The highest BCUT2D eigenvalue weighted by atomic mass is 16.5. The molecule has 0 aliphatic heterocycles. The zero-order valence-corrected chi connectivity index (χ0v) is 17.0. The maximum atomic E-state index is 12.5. The molecule has 31 heavy (non-hydrogen) atoms. The number of nitrogens with zero attached hydrogens (tertiary/aromatic N) is 2. The number of ether oxygens (including phenoxy) is 2. The number of hydrogen-bond donors (Lipinski definition) is 3. The number of hydrogen-bond acceptors (Lipinski definition) is 7. The van der Waals surface area contributed by atoms with Crippen molar-refractivity contribution >= 4 is 11.9 Å². The van der Waals surface area contributed by atoms with E-state index in [1.54, 1.807) is 30.5 Å². The average molecular weight is 426 g/mol. The molecule has 2 aromatic heterocycles. The molecular weight excluding hydrogens is 404 g/mol. The van der Waals surface area contributed by atoms with E-state index in [-0.39, 0.29) is 24.2 Å². The molecule has 0 aliphatic carbocycles. The van der Waals surface area contributed by atoms with E-state index in [4.69, 9.17) is 10.5 Å². The molecule has 10 nitrogen and oxygen atoms in total. The summed E-state index contributed by atoms with van der Waals surface area (Å²) < 4.78 is 12.2. The van der Waals surface area contributed by atoms with Crippen molar-refractivity contribution < 1.29 is 24.2 Å². The van der Waals surface area contributed by atoms with E-state index in [1.165, 1.54) is 0 Å². The van der Waals surface area contributed by atoms with Crippen LogP contribution in [0, 0.1) is 0 Å². The Hall–Kier alpha value is -4.08. The highest BCUT2D eigenvalue weighted by molar-refractivity contribution is 5.92. The Morgan fingerprint density at radius 2 is 2.00 bits per heavy atom. The molecule has 3 rings (SSSR count). The van der Waals surface area contributed by atoms with Crippen LogP contribution in [0.4, 0.5) is 0 Å². The maximum Gasteiger partial charge on any atom is 0.343 e. The Bertz CT molecular complexity index is 1150. The number of benzene rings is 1. The van der Waals surface area contributed by atoms with Crippen LogP contribution in [0.5, 0.6) is 11.5 Å². The van der Waals surface area contributed by atoms with Crippen molar-refractivity contribution in [3.63, 3.8) is 0 Å². The Kier molecular flexibility index (Phi) is 6.39. The molecule has 3 aromatic rings. The molecule has 1 atom stereocenters. The summed E-state index contributed by atoms with van der Waals surface area (Å²) in [6, 6.07) is 6.65. The van der Waals surface area contributed by atoms with E-state index in [0.717, 1.165) is 19.1 Å². The van der Waals surface area contributed by atoms with Gasteiger partial charge in [0, 0.05) is 38.0 Å². The molecule has 2 heterocycles. The van der Waals surface area contributed by atoms with Crippen LogP contribution in [0.3, 0.4) is 0 Å². The first kappa shape index (κ1) is 21.6. The predicted octanol–water partition coefficient (Wildman–Crippen LogP) is 1.19. The second kappa shape index (κ2) is 9.16. The number of aryl methyl sites for hydroxylation is 1. The fourth-order valence-corrected chi connectivity index (χ4v) is 3.19. The van der Waals surface area contributed by atoms with Gasteiger partial charge >= 0.3 is 5.97 Å². The van der Waals surface area contributed by atoms with E-state index in [0.29, 0.717) is 11.3 Å². The van der Waals surface area contributed by atoms with Gasteiger partial charge < -0.3 is 29.9 Å². The third-order valence-electron chi connectivity index (χ3n) is 4.83. The van der Waals surface area contributed by atoms with Crippen molar-refractivity contribution in [2.24, 2.45) is 12.8 Å². The van der Waals surface area contributed by atoms with Gasteiger partial charge in [-0.1, -0.05) is 12.1 Å². The number of primary amides is 1. The molecule has 0 saturated carbocycles. The Balaban J connectivity index is 1.93. The molecule has 1 amide bonds. The van der Waals surface area contributed by atoms with Crippen LogP contribution in [0.2, 0.25) is 0 Å². The molecule has 0 fully saturated rings. The first-order valence-corrected chi connectivity index (χ1v) is 9.32. The van der Waals surface area contributed by atoms with Crippen molar-refractivity contribution in [3.8, 4) is 11.5 Å². The summed E-state index contributed by atoms with van der Waals surface area (Å²) in [5.41, 5.74) is 4.90. The van der Waals surface area contributed by atoms with E-state index >= 15 is 0 Å². The summed E-state index contributed by atoms with van der Waals surface area (Å²) in [4.78, 5) is 42.6. The van der Waals surface area contributed by atoms with E-state index in [1.807, 2.05) is 17.8 Å².